The largest absolute Gasteiger partial charge is 0.507 e. The first-order valence-electron chi connectivity index (χ1n) is 4.47. The molecule has 0 aliphatic rings. The van der Waals surface area contributed by atoms with Gasteiger partial charge in [0.25, 0.3) is 0 Å². The molecule has 0 saturated heterocycles. The van der Waals surface area contributed by atoms with E-state index in [4.69, 9.17) is 11.6 Å². The smallest absolute Gasteiger partial charge is 0.134 e. The Bertz CT molecular complexity index is 520. The van der Waals surface area contributed by atoms with Crippen LogP contribution in [0, 0.1) is 11.9 Å². The second kappa shape index (κ2) is 4.02. The third-order valence-electron chi connectivity index (χ3n) is 2.15. The fourth-order valence-electron chi connectivity index (χ4n) is 1.43. The molecule has 0 aromatic heterocycles. The second-order valence-corrected chi connectivity index (χ2v) is 3.65. The van der Waals surface area contributed by atoms with Crippen molar-refractivity contribution in [1.82, 2.24) is 0 Å². The van der Waals surface area contributed by atoms with Crippen molar-refractivity contribution in [1.29, 1.82) is 0 Å². The lowest BCUT2D eigenvalue weighted by Gasteiger charge is -2.08. The van der Waals surface area contributed by atoms with Crippen molar-refractivity contribution in [3.8, 4) is 22.6 Å². The quantitative estimate of drug-likeness (QED) is 0.799. The average Bonchev–Trinajstić information content (AvgIpc) is 2.20. The molecule has 1 radical (unpaired) electrons. The topological polar surface area (TPSA) is 40.5 Å². The molecule has 2 nitrogen and oxygen atoms in total. The summed E-state index contributed by atoms with van der Waals surface area (Å²) < 4.78 is 13.5. The molecule has 0 bridgehead atoms. The molecule has 0 fully saturated rings. The first-order chi connectivity index (χ1) is 7.59. The van der Waals surface area contributed by atoms with Crippen LogP contribution in [0.5, 0.6) is 11.5 Å². The Morgan fingerprint density at radius 2 is 1.94 bits per heavy atom. The number of aromatic hydroxyl groups is 2. The summed E-state index contributed by atoms with van der Waals surface area (Å²) in [4.78, 5) is 0. The molecule has 0 heterocycles. The van der Waals surface area contributed by atoms with Crippen molar-refractivity contribution >= 4 is 11.6 Å². The number of phenolic OH excluding ortho intramolecular Hbond substituents is 2. The Kier molecular flexibility index (Phi) is 2.71. The molecule has 16 heavy (non-hydrogen) atoms. The summed E-state index contributed by atoms with van der Waals surface area (Å²) in [5.74, 6) is -1.17. The van der Waals surface area contributed by atoms with Gasteiger partial charge >= 0.3 is 0 Å². The van der Waals surface area contributed by atoms with Crippen LogP contribution in [0.3, 0.4) is 0 Å². The second-order valence-electron chi connectivity index (χ2n) is 3.21. The molecule has 0 atom stereocenters. The number of hydrogen-bond donors (Lipinski definition) is 2. The van der Waals surface area contributed by atoms with Crippen LogP contribution in [-0.4, -0.2) is 10.2 Å². The van der Waals surface area contributed by atoms with Crippen molar-refractivity contribution in [2.75, 3.05) is 0 Å². The van der Waals surface area contributed by atoms with Gasteiger partial charge < -0.3 is 10.2 Å². The van der Waals surface area contributed by atoms with Gasteiger partial charge in [0, 0.05) is 16.7 Å². The van der Waals surface area contributed by atoms with Gasteiger partial charge in [-0.05, 0) is 30.3 Å². The summed E-state index contributed by atoms with van der Waals surface area (Å²) in [7, 11) is 0. The van der Waals surface area contributed by atoms with Crippen molar-refractivity contribution in [2.45, 2.75) is 0 Å². The average molecular weight is 238 g/mol. The zero-order chi connectivity index (χ0) is 11.7. The van der Waals surface area contributed by atoms with Crippen LogP contribution >= 0.6 is 11.6 Å². The van der Waals surface area contributed by atoms with E-state index in [-0.39, 0.29) is 22.6 Å². The fraction of sp³-hybridized carbons (Fsp3) is 0. The van der Waals surface area contributed by atoms with Crippen LogP contribution in [0.2, 0.25) is 5.02 Å². The highest BCUT2D eigenvalue weighted by molar-refractivity contribution is 6.30. The zero-order valence-corrected chi connectivity index (χ0v) is 8.79. The monoisotopic (exact) mass is 237 g/mol. The van der Waals surface area contributed by atoms with E-state index in [0.717, 1.165) is 6.07 Å². The number of phenols is 2. The van der Waals surface area contributed by atoms with Crippen molar-refractivity contribution < 1.29 is 14.6 Å². The van der Waals surface area contributed by atoms with Gasteiger partial charge in [0.15, 0.2) is 0 Å². The maximum absolute atomic E-state index is 13.5. The molecule has 0 aliphatic heterocycles. The molecule has 2 N–H and O–H groups in total. The molecule has 4 heteroatoms. The summed E-state index contributed by atoms with van der Waals surface area (Å²) in [5, 5.41) is 19.5. The first kappa shape index (κ1) is 10.8. The van der Waals surface area contributed by atoms with Crippen LogP contribution in [-0.2, 0) is 0 Å². The minimum absolute atomic E-state index is 0.0864. The van der Waals surface area contributed by atoms with E-state index in [1.165, 1.54) is 24.3 Å². The molecule has 2 rings (SSSR count). The minimum Gasteiger partial charge on any atom is -0.507 e. The summed E-state index contributed by atoms with van der Waals surface area (Å²) in [6.45, 7) is 0. The summed E-state index contributed by atoms with van der Waals surface area (Å²) in [5.41, 5.74) is 0.0907. The zero-order valence-electron chi connectivity index (χ0n) is 8.04. The van der Waals surface area contributed by atoms with Crippen LogP contribution < -0.4 is 0 Å². The van der Waals surface area contributed by atoms with E-state index in [0.29, 0.717) is 5.02 Å². The van der Waals surface area contributed by atoms with Gasteiger partial charge in [-0.15, -0.1) is 0 Å². The van der Waals surface area contributed by atoms with Gasteiger partial charge in [0.05, 0.1) is 5.56 Å². The van der Waals surface area contributed by atoms with Crippen molar-refractivity contribution in [2.24, 2.45) is 0 Å². The van der Waals surface area contributed by atoms with Crippen LogP contribution in [0.25, 0.3) is 11.1 Å². The third kappa shape index (κ3) is 1.82. The molecule has 0 unspecified atom stereocenters. The first-order valence-corrected chi connectivity index (χ1v) is 4.85. The Morgan fingerprint density at radius 3 is 2.56 bits per heavy atom. The molecule has 0 spiro atoms. The predicted octanol–water partition coefficient (Wildman–Crippen LogP) is 3.36. The van der Waals surface area contributed by atoms with Crippen LogP contribution in [0.4, 0.5) is 4.39 Å². The minimum atomic E-state index is -0.631. The standard InChI is InChI=1S/C12H7ClFO2/c13-7-4-5-8(11(16)6-7)12-9(14)2-1-3-10(12)15/h1-2,4-6,15-16H. The van der Waals surface area contributed by atoms with Crippen molar-refractivity contribution in [3.63, 3.8) is 0 Å². The number of rotatable bonds is 1. The maximum Gasteiger partial charge on any atom is 0.134 e. The van der Waals surface area contributed by atoms with Gasteiger partial charge in [-0.25, -0.2) is 4.39 Å². The van der Waals surface area contributed by atoms with Crippen LogP contribution in [0.1, 0.15) is 0 Å². The summed E-state index contributed by atoms with van der Waals surface area (Å²) >= 11 is 5.66. The molecule has 81 valence electrons. The maximum atomic E-state index is 13.5. The van der Waals surface area contributed by atoms with E-state index in [9.17, 15) is 14.6 Å². The predicted molar refractivity (Wildman–Crippen MR) is 59.0 cm³/mol. The highest BCUT2D eigenvalue weighted by Gasteiger charge is 2.14. The normalized spacial score (nSPS) is 10.4. The molecule has 0 aliphatic carbocycles. The van der Waals surface area contributed by atoms with E-state index < -0.39 is 5.82 Å². The van der Waals surface area contributed by atoms with Crippen LogP contribution in [0.15, 0.2) is 30.3 Å². The molecular weight excluding hydrogens is 231 g/mol. The fourth-order valence-corrected chi connectivity index (χ4v) is 1.60. The summed E-state index contributed by atoms with van der Waals surface area (Å²) in [6.07, 6.45) is 0. The Balaban J connectivity index is 2.68. The van der Waals surface area contributed by atoms with Gasteiger partial charge in [-0.3, -0.25) is 0 Å². The van der Waals surface area contributed by atoms with E-state index in [2.05, 4.69) is 6.07 Å². The number of halogens is 2. The number of hydrogen-bond acceptors (Lipinski definition) is 2. The summed E-state index contributed by atoms with van der Waals surface area (Å²) in [6, 6.07) is 9.09. The molecule has 0 saturated carbocycles. The molecular formula is C12H7ClFO2. The van der Waals surface area contributed by atoms with E-state index in [1.54, 1.807) is 0 Å². The number of benzene rings is 2. The van der Waals surface area contributed by atoms with Gasteiger partial charge in [0.2, 0.25) is 0 Å². The van der Waals surface area contributed by atoms with Gasteiger partial charge in [-0.2, -0.15) is 0 Å². The highest BCUT2D eigenvalue weighted by atomic mass is 35.5. The lowest BCUT2D eigenvalue weighted by molar-refractivity contribution is 0.464. The van der Waals surface area contributed by atoms with Crippen molar-refractivity contribution in [3.05, 3.63) is 47.2 Å². The van der Waals surface area contributed by atoms with E-state index in [1.807, 2.05) is 0 Å². The highest BCUT2D eigenvalue weighted by Crippen LogP contribution is 2.37. The molecule has 2 aromatic rings. The third-order valence-corrected chi connectivity index (χ3v) is 2.39. The molecule has 0 amide bonds. The van der Waals surface area contributed by atoms with Gasteiger partial charge in [-0.1, -0.05) is 11.6 Å². The van der Waals surface area contributed by atoms with E-state index >= 15 is 0 Å². The SMILES string of the molecule is Oc1[c]ccc(F)c1-c1ccc(Cl)cc1O. The van der Waals surface area contributed by atoms with Gasteiger partial charge in [0.1, 0.15) is 17.3 Å². The molecule has 2 aromatic carbocycles. The lowest BCUT2D eigenvalue weighted by atomic mass is 10.0. The Morgan fingerprint density at radius 1 is 1.19 bits per heavy atom. The Hall–Kier alpha value is -1.74. The lowest BCUT2D eigenvalue weighted by Crippen LogP contribution is -1.86. The Labute approximate surface area is 96.5 Å².